The van der Waals surface area contributed by atoms with Crippen LogP contribution in [0, 0.1) is 0 Å². The number of benzene rings is 2. The molecule has 0 spiro atoms. The maximum Gasteiger partial charge on any atom is 0.573 e. The van der Waals surface area contributed by atoms with Gasteiger partial charge in [0.2, 0.25) is 5.89 Å². The molecule has 3 rings (SSSR count). The lowest BCUT2D eigenvalue weighted by Crippen LogP contribution is -2.37. The van der Waals surface area contributed by atoms with Gasteiger partial charge in [-0.05, 0) is 36.2 Å². The molecular formula is C21H22F3IN4O2. The number of halogens is 4. The van der Waals surface area contributed by atoms with Gasteiger partial charge in [-0.1, -0.05) is 30.3 Å². The Kier molecular flexibility index (Phi) is 9.16. The summed E-state index contributed by atoms with van der Waals surface area (Å²) in [6.45, 7) is 0.979. The number of aromatic nitrogens is 1. The van der Waals surface area contributed by atoms with Crippen molar-refractivity contribution in [1.29, 1.82) is 0 Å². The molecule has 0 aliphatic carbocycles. The van der Waals surface area contributed by atoms with Crippen LogP contribution < -0.4 is 15.4 Å². The fraction of sp³-hybridized carbons (Fsp3) is 0.238. The van der Waals surface area contributed by atoms with Crippen molar-refractivity contribution in [3.05, 3.63) is 72.1 Å². The molecule has 1 heterocycles. The topological polar surface area (TPSA) is 71.7 Å². The van der Waals surface area contributed by atoms with Crippen molar-refractivity contribution in [3.8, 4) is 17.2 Å². The van der Waals surface area contributed by atoms with Gasteiger partial charge in [0.1, 0.15) is 12.0 Å². The number of nitrogens with one attached hydrogen (secondary N) is 2. The molecule has 2 N–H and O–H groups in total. The summed E-state index contributed by atoms with van der Waals surface area (Å²) in [6.07, 6.45) is -2.49. The highest BCUT2D eigenvalue weighted by atomic mass is 127. The van der Waals surface area contributed by atoms with Crippen LogP contribution in [0.4, 0.5) is 13.2 Å². The fourth-order valence-corrected chi connectivity index (χ4v) is 2.68. The normalized spacial score (nSPS) is 11.5. The van der Waals surface area contributed by atoms with Gasteiger partial charge >= 0.3 is 6.36 Å². The van der Waals surface area contributed by atoms with Crippen LogP contribution in [-0.2, 0) is 13.0 Å². The van der Waals surface area contributed by atoms with Crippen LogP contribution >= 0.6 is 24.0 Å². The maximum atomic E-state index is 12.2. The lowest BCUT2D eigenvalue weighted by molar-refractivity contribution is -0.274. The van der Waals surface area contributed by atoms with Crippen LogP contribution in [0.25, 0.3) is 11.5 Å². The second-order valence-corrected chi connectivity index (χ2v) is 6.30. The zero-order chi connectivity index (χ0) is 21.4. The minimum absolute atomic E-state index is 0. The van der Waals surface area contributed by atoms with Crippen LogP contribution in [0.5, 0.6) is 5.75 Å². The Bertz CT molecular complexity index is 961. The molecule has 1 aromatic heterocycles. The summed E-state index contributed by atoms with van der Waals surface area (Å²) in [4.78, 5) is 8.59. The Morgan fingerprint density at radius 1 is 1.06 bits per heavy atom. The van der Waals surface area contributed by atoms with E-state index in [4.69, 9.17) is 4.42 Å². The molecule has 0 saturated carbocycles. The Balaban J connectivity index is 0.00000341. The standard InChI is InChI=1S/C21H21F3N4O2.HI/c1-25-20(26-12-11-15-7-9-18(10-8-15)30-21(22,23)24)27-13-17-14-29-19(28-17)16-5-3-2-4-6-16;/h2-10,14H,11-13H2,1H3,(H2,25,26,27);1H. The van der Waals surface area contributed by atoms with E-state index in [2.05, 4.69) is 25.3 Å². The summed E-state index contributed by atoms with van der Waals surface area (Å²) in [5, 5.41) is 6.29. The Labute approximate surface area is 194 Å². The van der Waals surface area contributed by atoms with Crippen molar-refractivity contribution in [2.75, 3.05) is 13.6 Å². The van der Waals surface area contributed by atoms with Gasteiger partial charge in [0.05, 0.1) is 12.2 Å². The molecule has 0 aliphatic heterocycles. The van der Waals surface area contributed by atoms with Crippen molar-refractivity contribution in [2.24, 2.45) is 4.99 Å². The molecule has 10 heteroatoms. The molecule has 0 aliphatic rings. The minimum Gasteiger partial charge on any atom is -0.444 e. The quantitative estimate of drug-likeness (QED) is 0.254. The summed E-state index contributed by atoms with van der Waals surface area (Å²) in [5.74, 6) is 0.892. The number of hydrogen-bond acceptors (Lipinski definition) is 4. The first-order chi connectivity index (χ1) is 14.4. The van der Waals surface area contributed by atoms with Crippen molar-refractivity contribution >= 4 is 29.9 Å². The number of alkyl halides is 3. The lowest BCUT2D eigenvalue weighted by atomic mass is 10.1. The smallest absolute Gasteiger partial charge is 0.444 e. The third-order valence-electron chi connectivity index (χ3n) is 4.10. The molecule has 0 fully saturated rings. The second kappa shape index (κ2) is 11.6. The van der Waals surface area contributed by atoms with Gasteiger partial charge in [0, 0.05) is 19.2 Å². The monoisotopic (exact) mass is 546 g/mol. The van der Waals surface area contributed by atoms with Crippen molar-refractivity contribution in [3.63, 3.8) is 0 Å². The first-order valence-corrected chi connectivity index (χ1v) is 9.22. The summed E-state index contributed by atoms with van der Waals surface area (Å²) in [6, 6.07) is 15.4. The third kappa shape index (κ3) is 8.12. The van der Waals surface area contributed by atoms with Crippen LogP contribution in [0.1, 0.15) is 11.3 Å². The molecule has 6 nitrogen and oxygen atoms in total. The fourth-order valence-electron chi connectivity index (χ4n) is 2.68. The molecule has 2 aromatic carbocycles. The number of ether oxygens (including phenoxy) is 1. The van der Waals surface area contributed by atoms with E-state index in [9.17, 15) is 13.2 Å². The van der Waals surface area contributed by atoms with Gasteiger partial charge in [-0.3, -0.25) is 4.99 Å². The van der Waals surface area contributed by atoms with Crippen LogP contribution in [0.3, 0.4) is 0 Å². The molecule has 0 unspecified atom stereocenters. The number of aliphatic imine (C=N–C) groups is 1. The third-order valence-corrected chi connectivity index (χ3v) is 4.10. The average Bonchev–Trinajstić information content (AvgIpc) is 3.20. The molecule has 0 saturated heterocycles. The van der Waals surface area contributed by atoms with E-state index in [1.165, 1.54) is 12.1 Å². The van der Waals surface area contributed by atoms with Gasteiger partial charge < -0.3 is 19.8 Å². The van der Waals surface area contributed by atoms with Gasteiger partial charge in [0.15, 0.2) is 5.96 Å². The Morgan fingerprint density at radius 3 is 2.42 bits per heavy atom. The highest BCUT2D eigenvalue weighted by Gasteiger charge is 2.30. The lowest BCUT2D eigenvalue weighted by Gasteiger charge is -2.11. The molecule has 0 bridgehead atoms. The summed E-state index contributed by atoms with van der Waals surface area (Å²) < 4.78 is 45.9. The first-order valence-electron chi connectivity index (χ1n) is 9.22. The van der Waals surface area contributed by atoms with E-state index in [-0.39, 0.29) is 29.7 Å². The van der Waals surface area contributed by atoms with Crippen molar-refractivity contribution in [1.82, 2.24) is 15.6 Å². The number of oxazole rings is 1. The van der Waals surface area contributed by atoms with E-state index in [0.717, 1.165) is 16.8 Å². The molecule has 0 atom stereocenters. The molecule has 166 valence electrons. The number of hydrogen-bond donors (Lipinski definition) is 2. The number of rotatable bonds is 7. The summed E-state index contributed by atoms with van der Waals surface area (Å²) >= 11 is 0. The molecule has 0 radical (unpaired) electrons. The van der Waals surface area contributed by atoms with Gasteiger partial charge in [-0.25, -0.2) is 4.98 Å². The molecule has 3 aromatic rings. The average molecular weight is 546 g/mol. The highest BCUT2D eigenvalue weighted by Crippen LogP contribution is 2.22. The van der Waals surface area contributed by atoms with E-state index in [1.807, 2.05) is 30.3 Å². The van der Waals surface area contributed by atoms with E-state index >= 15 is 0 Å². The van der Waals surface area contributed by atoms with Crippen molar-refractivity contribution < 1.29 is 22.3 Å². The SMILES string of the molecule is CN=C(NCCc1ccc(OC(F)(F)F)cc1)NCc1coc(-c2ccccc2)n1.I. The van der Waals surface area contributed by atoms with Crippen LogP contribution in [0.2, 0.25) is 0 Å². The number of nitrogens with zero attached hydrogens (tertiary/aromatic N) is 2. The predicted octanol–water partition coefficient (Wildman–Crippen LogP) is 4.77. The van der Waals surface area contributed by atoms with E-state index in [1.54, 1.807) is 25.4 Å². The highest BCUT2D eigenvalue weighted by molar-refractivity contribution is 14.0. The molecule has 0 amide bonds. The van der Waals surface area contributed by atoms with Crippen LogP contribution in [-0.4, -0.2) is 30.9 Å². The van der Waals surface area contributed by atoms with E-state index < -0.39 is 6.36 Å². The number of guanidine groups is 1. The molecular weight excluding hydrogens is 524 g/mol. The first kappa shape index (κ1) is 24.5. The zero-order valence-corrected chi connectivity index (χ0v) is 19.0. The van der Waals surface area contributed by atoms with E-state index in [0.29, 0.717) is 31.4 Å². The van der Waals surface area contributed by atoms with Gasteiger partial charge in [-0.15, -0.1) is 37.1 Å². The predicted molar refractivity (Wildman–Crippen MR) is 122 cm³/mol. The van der Waals surface area contributed by atoms with Gasteiger partial charge in [-0.2, -0.15) is 0 Å². The summed E-state index contributed by atoms with van der Waals surface area (Å²) in [5.41, 5.74) is 2.51. The van der Waals surface area contributed by atoms with Gasteiger partial charge in [0.25, 0.3) is 0 Å². The maximum absolute atomic E-state index is 12.2. The molecule has 31 heavy (non-hydrogen) atoms. The Morgan fingerprint density at radius 2 is 1.77 bits per heavy atom. The largest absolute Gasteiger partial charge is 0.573 e. The Hall–Kier alpha value is -2.76. The van der Waals surface area contributed by atoms with Crippen LogP contribution in [0.15, 0.2) is 70.3 Å². The minimum atomic E-state index is -4.69. The second-order valence-electron chi connectivity index (χ2n) is 6.30. The zero-order valence-electron chi connectivity index (χ0n) is 16.6. The van der Waals surface area contributed by atoms with Crippen molar-refractivity contribution in [2.45, 2.75) is 19.3 Å². The summed E-state index contributed by atoms with van der Waals surface area (Å²) in [7, 11) is 1.65.